The number of hydrogen-bond acceptors (Lipinski definition) is 2. The summed E-state index contributed by atoms with van der Waals surface area (Å²) in [6, 6.07) is 10.1. The van der Waals surface area contributed by atoms with Gasteiger partial charge in [0.2, 0.25) is 0 Å². The molecule has 0 heterocycles. The lowest BCUT2D eigenvalue weighted by molar-refractivity contribution is 0.467. The van der Waals surface area contributed by atoms with Crippen molar-refractivity contribution >= 4 is 27.5 Å². The van der Waals surface area contributed by atoms with E-state index in [1.165, 1.54) is 6.07 Å². The molecule has 2 aromatic carbocycles. The third-order valence-corrected chi connectivity index (χ3v) is 3.76. The summed E-state index contributed by atoms with van der Waals surface area (Å²) in [6.45, 7) is 3.68. The van der Waals surface area contributed by atoms with Crippen LogP contribution in [0.5, 0.6) is 11.5 Å². The highest BCUT2D eigenvalue weighted by molar-refractivity contribution is 9.10. The van der Waals surface area contributed by atoms with Crippen LogP contribution in [-0.4, -0.2) is 6.54 Å². The lowest BCUT2D eigenvalue weighted by Crippen LogP contribution is -2.14. The molecule has 5 heteroatoms. The Labute approximate surface area is 137 Å². The van der Waals surface area contributed by atoms with E-state index in [0.29, 0.717) is 27.5 Å². The third kappa shape index (κ3) is 4.70. The standard InChI is InChI=1S/C16H16BrClFNO/c1-2-7-20-10-11-8-12(18)3-6-16(11)21-13-4-5-14(17)15(19)9-13/h3-6,8-9,20H,2,7,10H2,1H3. The van der Waals surface area contributed by atoms with Gasteiger partial charge in [-0.15, -0.1) is 0 Å². The Bertz CT molecular complexity index is 621. The van der Waals surface area contributed by atoms with Crippen molar-refractivity contribution in [1.29, 1.82) is 0 Å². The number of nitrogens with one attached hydrogen (secondary N) is 1. The fourth-order valence-electron chi connectivity index (χ4n) is 1.85. The number of halogens is 3. The molecule has 0 spiro atoms. The first-order valence-corrected chi connectivity index (χ1v) is 7.89. The molecule has 2 rings (SSSR count). The predicted octanol–water partition coefficient (Wildman–Crippen LogP) is 5.53. The van der Waals surface area contributed by atoms with Crippen LogP contribution in [0, 0.1) is 5.82 Å². The molecule has 0 aliphatic rings. The second kappa shape index (κ2) is 7.78. The first-order chi connectivity index (χ1) is 10.1. The summed E-state index contributed by atoms with van der Waals surface area (Å²) in [5, 5.41) is 3.96. The van der Waals surface area contributed by atoms with E-state index in [1.807, 2.05) is 6.07 Å². The van der Waals surface area contributed by atoms with Gasteiger partial charge in [0.15, 0.2) is 0 Å². The average molecular weight is 373 g/mol. The fourth-order valence-corrected chi connectivity index (χ4v) is 2.29. The van der Waals surface area contributed by atoms with Gasteiger partial charge in [-0.2, -0.15) is 0 Å². The van der Waals surface area contributed by atoms with Crippen molar-refractivity contribution in [2.45, 2.75) is 19.9 Å². The van der Waals surface area contributed by atoms with Crippen LogP contribution in [0.2, 0.25) is 5.02 Å². The molecule has 2 nitrogen and oxygen atoms in total. The maximum atomic E-state index is 13.5. The van der Waals surface area contributed by atoms with E-state index in [-0.39, 0.29) is 5.82 Å². The van der Waals surface area contributed by atoms with Gasteiger partial charge < -0.3 is 10.1 Å². The molecule has 0 saturated heterocycles. The van der Waals surface area contributed by atoms with Gasteiger partial charge in [-0.05, 0) is 59.2 Å². The molecule has 0 bridgehead atoms. The minimum Gasteiger partial charge on any atom is -0.457 e. The predicted molar refractivity (Wildman–Crippen MR) is 87.6 cm³/mol. The van der Waals surface area contributed by atoms with Crippen LogP contribution < -0.4 is 10.1 Å². The van der Waals surface area contributed by atoms with Crippen LogP contribution >= 0.6 is 27.5 Å². The Morgan fingerprint density at radius 1 is 1.24 bits per heavy atom. The molecule has 0 unspecified atom stereocenters. The van der Waals surface area contributed by atoms with E-state index in [2.05, 4.69) is 28.2 Å². The van der Waals surface area contributed by atoms with E-state index in [9.17, 15) is 4.39 Å². The normalized spacial score (nSPS) is 10.7. The number of hydrogen-bond donors (Lipinski definition) is 1. The van der Waals surface area contributed by atoms with Crippen LogP contribution in [0.4, 0.5) is 4.39 Å². The van der Waals surface area contributed by atoms with E-state index in [4.69, 9.17) is 16.3 Å². The minimum absolute atomic E-state index is 0.355. The molecule has 0 radical (unpaired) electrons. The zero-order valence-corrected chi connectivity index (χ0v) is 14.0. The monoisotopic (exact) mass is 371 g/mol. The summed E-state index contributed by atoms with van der Waals surface area (Å²) in [4.78, 5) is 0. The van der Waals surface area contributed by atoms with Crippen molar-refractivity contribution in [2.75, 3.05) is 6.54 Å². The van der Waals surface area contributed by atoms with E-state index < -0.39 is 0 Å². The number of rotatable bonds is 6. The summed E-state index contributed by atoms with van der Waals surface area (Å²) < 4.78 is 19.7. The molecule has 21 heavy (non-hydrogen) atoms. The quantitative estimate of drug-likeness (QED) is 0.673. The third-order valence-electron chi connectivity index (χ3n) is 2.88. The summed E-state index contributed by atoms with van der Waals surface area (Å²) in [7, 11) is 0. The second-order valence-electron chi connectivity index (χ2n) is 4.61. The molecule has 0 atom stereocenters. The molecule has 0 aliphatic carbocycles. The van der Waals surface area contributed by atoms with Gasteiger partial charge in [0.25, 0.3) is 0 Å². The second-order valence-corrected chi connectivity index (χ2v) is 5.90. The topological polar surface area (TPSA) is 21.3 Å². The Balaban J connectivity index is 2.19. The molecule has 2 aromatic rings. The fraction of sp³-hybridized carbons (Fsp3) is 0.250. The van der Waals surface area contributed by atoms with Gasteiger partial charge in [-0.3, -0.25) is 0 Å². The summed E-state index contributed by atoms with van der Waals surface area (Å²) in [5.41, 5.74) is 0.944. The van der Waals surface area contributed by atoms with Crippen molar-refractivity contribution in [1.82, 2.24) is 5.32 Å². The van der Waals surface area contributed by atoms with Gasteiger partial charge >= 0.3 is 0 Å². The Hall–Kier alpha value is -1.10. The molecule has 0 aliphatic heterocycles. The SMILES string of the molecule is CCCNCc1cc(Cl)ccc1Oc1ccc(Br)c(F)c1. The summed E-state index contributed by atoms with van der Waals surface area (Å²) >= 11 is 9.15. The number of ether oxygens (including phenoxy) is 1. The maximum absolute atomic E-state index is 13.5. The molecule has 112 valence electrons. The number of benzene rings is 2. The molecular formula is C16H16BrClFNO. The summed E-state index contributed by atoms with van der Waals surface area (Å²) in [6.07, 6.45) is 1.05. The highest BCUT2D eigenvalue weighted by Crippen LogP contribution is 2.29. The Morgan fingerprint density at radius 2 is 2.05 bits per heavy atom. The Morgan fingerprint density at radius 3 is 2.76 bits per heavy atom. The van der Waals surface area contributed by atoms with Crippen LogP contribution in [0.25, 0.3) is 0 Å². The van der Waals surface area contributed by atoms with Crippen molar-refractivity contribution in [3.63, 3.8) is 0 Å². The van der Waals surface area contributed by atoms with Crippen molar-refractivity contribution in [3.8, 4) is 11.5 Å². The Kier molecular flexibility index (Phi) is 6.03. The first kappa shape index (κ1) is 16.3. The molecule has 1 N–H and O–H groups in total. The van der Waals surface area contributed by atoms with Gasteiger partial charge in [-0.25, -0.2) is 4.39 Å². The van der Waals surface area contributed by atoms with Crippen molar-refractivity contribution < 1.29 is 9.13 Å². The zero-order chi connectivity index (χ0) is 15.2. The lowest BCUT2D eigenvalue weighted by atomic mass is 10.2. The largest absolute Gasteiger partial charge is 0.457 e. The van der Waals surface area contributed by atoms with E-state index >= 15 is 0 Å². The van der Waals surface area contributed by atoms with E-state index in [0.717, 1.165) is 18.5 Å². The minimum atomic E-state index is -0.355. The molecule has 0 amide bonds. The van der Waals surface area contributed by atoms with Crippen LogP contribution in [0.15, 0.2) is 40.9 Å². The van der Waals surface area contributed by atoms with Gasteiger partial charge in [0.05, 0.1) is 4.47 Å². The van der Waals surface area contributed by atoms with Crippen molar-refractivity contribution in [3.05, 3.63) is 57.3 Å². The highest BCUT2D eigenvalue weighted by atomic mass is 79.9. The van der Waals surface area contributed by atoms with E-state index in [1.54, 1.807) is 24.3 Å². The van der Waals surface area contributed by atoms with Crippen molar-refractivity contribution in [2.24, 2.45) is 0 Å². The highest BCUT2D eigenvalue weighted by Gasteiger charge is 2.08. The lowest BCUT2D eigenvalue weighted by Gasteiger charge is -2.12. The molecule has 0 fully saturated rings. The maximum Gasteiger partial charge on any atom is 0.141 e. The summed E-state index contributed by atoms with van der Waals surface area (Å²) in [5.74, 6) is 0.770. The molecule has 0 aromatic heterocycles. The molecule has 0 saturated carbocycles. The van der Waals surface area contributed by atoms with Crippen LogP contribution in [0.3, 0.4) is 0 Å². The first-order valence-electron chi connectivity index (χ1n) is 6.72. The zero-order valence-electron chi connectivity index (χ0n) is 11.6. The van der Waals surface area contributed by atoms with Crippen LogP contribution in [-0.2, 0) is 6.54 Å². The van der Waals surface area contributed by atoms with Gasteiger partial charge in [-0.1, -0.05) is 18.5 Å². The van der Waals surface area contributed by atoms with Gasteiger partial charge in [0.1, 0.15) is 17.3 Å². The van der Waals surface area contributed by atoms with Gasteiger partial charge in [0, 0.05) is 23.2 Å². The smallest absolute Gasteiger partial charge is 0.141 e. The average Bonchev–Trinajstić information content (AvgIpc) is 2.46. The molecular weight excluding hydrogens is 357 g/mol. The van der Waals surface area contributed by atoms with Crippen LogP contribution in [0.1, 0.15) is 18.9 Å².